The summed E-state index contributed by atoms with van der Waals surface area (Å²) in [5, 5.41) is 13.6. The Hall–Kier alpha value is -1.28. The predicted molar refractivity (Wildman–Crippen MR) is 74.6 cm³/mol. The number of hydrogen-bond donors (Lipinski definition) is 1. The summed E-state index contributed by atoms with van der Waals surface area (Å²) in [4.78, 5) is 2.08. The van der Waals surface area contributed by atoms with Crippen molar-refractivity contribution in [2.75, 3.05) is 20.2 Å². The van der Waals surface area contributed by atoms with Gasteiger partial charge in [-0.15, -0.1) is 0 Å². The van der Waals surface area contributed by atoms with Gasteiger partial charge in [-0.25, -0.2) is 4.68 Å². The van der Waals surface area contributed by atoms with Crippen molar-refractivity contribution in [2.24, 2.45) is 13.0 Å². The Balaban J connectivity index is 1.96. The molecule has 1 atom stereocenters. The van der Waals surface area contributed by atoms with Gasteiger partial charge in [0.2, 0.25) is 5.88 Å². The molecular formula is C14H22F3N3O2. The van der Waals surface area contributed by atoms with Crippen molar-refractivity contribution in [3.05, 3.63) is 11.3 Å². The second-order valence-electron chi connectivity index (χ2n) is 5.80. The smallest absolute Gasteiger partial charge is 0.414 e. The summed E-state index contributed by atoms with van der Waals surface area (Å²) in [6.07, 6.45) is -6.08. The van der Waals surface area contributed by atoms with Crippen LogP contribution < -0.4 is 4.74 Å². The van der Waals surface area contributed by atoms with Gasteiger partial charge >= 0.3 is 6.18 Å². The van der Waals surface area contributed by atoms with Gasteiger partial charge in [0.05, 0.1) is 18.4 Å². The Kier molecular flexibility index (Phi) is 5.01. The molecular weight excluding hydrogens is 299 g/mol. The van der Waals surface area contributed by atoms with Crippen LogP contribution in [0.2, 0.25) is 0 Å². The number of aliphatic hydroxyl groups excluding tert-OH is 1. The minimum Gasteiger partial charge on any atom is -0.481 e. The Morgan fingerprint density at radius 1 is 1.36 bits per heavy atom. The average Bonchev–Trinajstić information content (AvgIpc) is 2.71. The predicted octanol–water partition coefficient (Wildman–Crippen LogP) is 1.87. The third kappa shape index (κ3) is 3.55. The maximum Gasteiger partial charge on any atom is 0.414 e. The molecule has 0 bridgehead atoms. The van der Waals surface area contributed by atoms with E-state index in [4.69, 9.17) is 4.74 Å². The summed E-state index contributed by atoms with van der Waals surface area (Å²) >= 11 is 0. The number of likely N-dealkylation sites (tertiary alicyclic amines) is 1. The molecule has 1 fully saturated rings. The van der Waals surface area contributed by atoms with Crippen molar-refractivity contribution in [3.8, 4) is 5.88 Å². The molecule has 8 heteroatoms. The Labute approximate surface area is 127 Å². The molecule has 0 aromatic carbocycles. The Morgan fingerprint density at radius 3 is 2.45 bits per heavy atom. The number of nitrogens with zero attached hydrogens (tertiary/aromatic N) is 3. The lowest BCUT2D eigenvalue weighted by Gasteiger charge is -2.34. The van der Waals surface area contributed by atoms with Gasteiger partial charge in [0.15, 0.2) is 6.10 Å². The van der Waals surface area contributed by atoms with E-state index in [0.717, 1.165) is 11.3 Å². The zero-order valence-corrected chi connectivity index (χ0v) is 13.0. The molecule has 2 rings (SSSR count). The first-order valence-corrected chi connectivity index (χ1v) is 7.27. The minimum absolute atomic E-state index is 0.336. The molecule has 0 aliphatic carbocycles. The lowest BCUT2D eigenvalue weighted by atomic mass is 9.90. The molecule has 0 amide bonds. The number of methoxy groups -OCH3 is 1. The number of alkyl halides is 3. The number of aromatic nitrogens is 2. The van der Waals surface area contributed by atoms with Gasteiger partial charge in [-0.3, -0.25) is 4.90 Å². The van der Waals surface area contributed by atoms with Crippen LogP contribution in [-0.4, -0.2) is 52.3 Å². The number of hydrogen-bond acceptors (Lipinski definition) is 4. The summed E-state index contributed by atoms with van der Waals surface area (Å²) in [7, 11) is 3.37. The van der Waals surface area contributed by atoms with Crippen LogP contribution in [-0.2, 0) is 13.6 Å². The topological polar surface area (TPSA) is 50.5 Å². The summed E-state index contributed by atoms with van der Waals surface area (Å²) < 4.78 is 44.6. The van der Waals surface area contributed by atoms with Crippen molar-refractivity contribution in [1.82, 2.24) is 14.7 Å². The normalized spacial score (nSPS) is 19.4. The van der Waals surface area contributed by atoms with Crippen LogP contribution in [0.5, 0.6) is 5.88 Å². The fourth-order valence-electron chi connectivity index (χ4n) is 3.04. The van der Waals surface area contributed by atoms with Crippen LogP contribution in [0.3, 0.4) is 0 Å². The van der Waals surface area contributed by atoms with E-state index in [1.54, 1.807) is 18.8 Å². The second-order valence-corrected chi connectivity index (χ2v) is 5.80. The monoisotopic (exact) mass is 321 g/mol. The molecule has 1 aromatic heterocycles. The molecule has 22 heavy (non-hydrogen) atoms. The summed E-state index contributed by atoms with van der Waals surface area (Å²) in [5.74, 6) is -0.0388. The number of ether oxygens (including phenoxy) is 1. The van der Waals surface area contributed by atoms with E-state index in [-0.39, 0.29) is 0 Å². The van der Waals surface area contributed by atoms with Crippen molar-refractivity contribution < 1.29 is 23.0 Å². The first kappa shape index (κ1) is 17.1. The Bertz CT molecular complexity index is 508. The molecule has 1 aliphatic rings. The maximum atomic E-state index is 12.5. The van der Waals surface area contributed by atoms with Gasteiger partial charge in [-0.2, -0.15) is 18.3 Å². The van der Waals surface area contributed by atoms with Crippen LogP contribution in [0, 0.1) is 12.8 Å². The standard InChI is InChI=1S/C14H22F3N3O2/c1-9-11(13(22-3)19(2)18-9)8-20-6-4-10(5-7-20)12(21)14(15,16)17/h10,12,21H,4-8H2,1-3H3. The third-order valence-corrected chi connectivity index (χ3v) is 4.28. The van der Waals surface area contributed by atoms with Crippen LogP contribution in [0.4, 0.5) is 13.2 Å². The van der Waals surface area contributed by atoms with E-state index in [9.17, 15) is 18.3 Å². The lowest BCUT2D eigenvalue weighted by molar-refractivity contribution is -0.223. The quantitative estimate of drug-likeness (QED) is 0.920. The highest BCUT2D eigenvalue weighted by Gasteiger charge is 2.44. The van der Waals surface area contributed by atoms with Gasteiger partial charge in [-0.1, -0.05) is 0 Å². The van der Waals surface area contributed by atoms with E-state index in [0.29, 0.717) is 38.4 Å². The maximum absolute atomic E-state index is 12.5. The summed E-state index contributed by atoms with van der Waals surface area (Å²) in [6.45, 7) is 3.53. The molecule has 1 saturated heterocycles. The molecule has 1 aliphatic heterocycles. The van der Waals surface area contributed by atoms with Gasteiger partial charge in [0.25, 0.3) is 0 Å². The number of rotatable bonds is 4. The van der Waals surface area contributed by atoms with E-state index < -0.39 is 18.2 Å². The molecule has 1 unspecified atom stereocenters. The summed E-state index contributed by atoms with van der Waals surface area (Å²) in [6, 6.07) is 0. The molecule has 0 radical (unpaired) electrons. The zero-order chi connectivity index (χ0) is 16.5. The number of aryl methyl sites for hydroxylation is 2. The van der Waals surface area contributed by atoms with Gasteiger partial charge < -0.3 is 9.84 Å². The highest BCUT2D eigenvalue weighted by atomic mass is 19.4. The highest BCUT2D eigenvalue weighted by Crippen LogP contribution is 2.32. The molecule has 0 saturated carbocycles. The van der Waals surface area contributed by atoms with Crippen LogP contribution in [0.1, 0.15) is 24.1 Å². The fraction of sp³-hybridized carbons (Fsp3) is 0.786. The number of aliphatic hydroxyl groups is 1. The summed E-state index contributed by atoms with van der Waals surface area (Å²) in [5.41, 5.74) is 1.82. The molecule has 126 valence electrons. The van der Waals surface area contributed by atoms with Crippen molar-refractivity contribution in [3.63, 3.8) is 0 Å². The van der Waals surface area contributed by atoms with E-state index in [2.05, 4.69) is 10.00 Å². The van der Waals surface area contributed by atoms with Crippen molar-refractivity contribution in [1.29, 1.82) is 0 Å². The fourth-order valence-corrected chi connectivity index (χ4v) is 3.04. The molecule has 0 spiro atoms. The van der Waals surface area contributed by atoms with Gasteiger partial charge in [0.1, 0.15) is 0 Å². The number of piperidine rings is 1. The van der Waals surface area contributed by atoms with Crippen LogP contribution in [0.25, 0.3) is 0 Å². The zero-order valence-electron chi connectivity index (χ0n) is 13.0. The molecule has 2 heterocycles. The highest BCUT2D eigenvalue weighted by molar-refractivity contribution is 5.30. The largest absolute Gasteiger partial charge is 0.481 e. The first-order chi connectivity index (χ1) is 10.2. The molecule has 5 nitrogen and oxygen atoms in total. The average molecular weight is 321 g/mol. The van der Waals surface area contributed by atoms with Crippen molar-refractivity contribution in [2.45, 2.75) is 38.6 Å². The Morgan fingerprint density at radius 2 is 1.95 bits per heavy atom. The van der Waals surface area contributed by atoms with E-state index in [1.165, 1.54) is 0 Å². The van der Waals surface area contributed by atoms with Gasteiger partial charge in [0, 0.05) is 13.6 Å². The van der Waals surface area contributed by atoms with Crippen molar-refractivity contribution >= 4 is 0 Å². The molecule has 1 N–H and O–H groups in total. The first-order valence-electron chi connectivity index (χ1n) is 7.27. The third-order valence-electron chi connectivity index (χ3n) is 4.28. The van der Waals surface area contributed by atoms with E-state index >= 15 is 0 Å². The van der Waals surface area contributed by atoms with E-state index in [1.807, 2.05) is 6.92 Å². The van der Waals surface area contributed by atoms with Crippen LogP contribution >= 0.6 is 0 Å². The SMILES string of the molecule is COc1c(CN2CCC(C(O)C(F)(F)F)CC2)c(C)nn1C. The second kappa shape index (κ2) is 6.45. The molecule has 1 aromatic rings. The minimum atomic E-state index is -4.53. The lowest BCUT2D eigenvalue weighted by Crippen LogP contribution is -2.43. The number of halogens is 3. The van der Waals surface area contributed by atoms with Gasteiger partial charge in [-0.05, 0) is 38.8 Å². The van der Waals surface area contributed by atoms with Crippen LogP contribution in [0.15, 0.2) is 0 Å².